The number of ether oxygens (including phenoxy) is 1. The summed E-state index contributed by atoms with van der Waals surface area (Å²) in [6.07, 6.45) is 2.29. The fourth-order valence-electron chi connectivity index (χ4n) is 1.74. The summed E-state index contributed by atoms with van der Waals surface area (Å²) in [5.74, 6) is 1.13. The van der Waals surface area contributed by atoms with E-state index in [0.717, 1.165) is 22.9 Å². The molecule has 0 amide bonds. The number of phenols is 1. The Hall–Kier alpha value is -0.740. The summed E-state index contributed by atoms with van der Waals surface area (Å²) >= 11 is 3.41. The van der Waals surface area contributed by atoms with Crippen LogP contribution in [-0.4, -0.2) is 12.2 Å². The van der Waals surface area contributed by atoms with Gasteiger partial charge in [0, 0.05) is 16.1 Å². The number of hydrogen-bond acceptors (Lipinski definition) is 3. The lowest BCUT2D eigenvalue weighted by molar-refractivity contribution is 0.367. The highest BCUT2D eigenvalue weighted by Crippen LogP contribution is 2.46. The van der Waals surface area contributed by atoms with Crippen molar-refractivity contribution < 1.29 is 9.84 Å². The second-order valence-corrected chi connectivity index (χ2v) is 4.73. The Bertz CT molecular complexity index is 377. The summed E-state index contributed by atoms with van der Waals surface area (Å²) in [6.45, 7) is 0. The molecule has 3 nitrogen and oxygen atoms in total. The molecule has 15 heavy (non-hydrogen) atoms. The minimum atomic E-state index is -0.102. The van der Waals surface area contributed by atoms with E-state index in [1.54, 1.807) is 6.07 Å². The normalized spacial score (nSPS) is 17.5. The van der Waals surface area contributed by atoms with Crippen LogP contribution in [0, 0.1) is 5.92 Å². The number of aromatic hydroxyl groups is 1. The molecule has 3 N–H and O–H groups in total. The summed E-state index contributed by atoms with van der Waals surface area (Å²) in [5.41, 5.74) is 6.84. The monoisotopic (exact) mass is 271 g/mol. The first-order valence-electron chi connectivity index (χ1n) is 4.96. The molecule has 0 saturated heterocycles. The highest BCUT2D eigenvalue weighted by Gasteiger charge is 2.33. The molecule has 4 heteroatoms. The van der Waals surface area contributed by atoms with E-state index in [4.69, 9.17) is 10.5 Å². The van der Waals surface area contributed by atoms with Crippen LogP contribution in [0.25, 0.3) is 0 Å². The van der Waals surface area contributed by atoms with Crippen molar-refractivity contribution in [2.75, 3.05) is 7.11 Å². The van der Waals surface area contributed by atoms with E-state index in [1.165, 1.54) is 7.11 Å². The number of halogens is 1. The SMILES string of the molecule is COc1ccc(Br)c([C@H](N)C2CC2)c1O. The van der Waals surface area contributed by atoms with E-state index in [9.17, 15) is 5.11 Å². The van der Waals surface area contributed by atoms with Crippen LogP contribution in [0.4, 0.5) is 0 Å². The fourth-order valence-corrected chi connectivity index (χ4v) is 2.32. The molecule has 1 saturated carbocycles. The van der Waals surface area contributed by atoms with Gasteiger partial charge in [-0.05, 0) is 30.9 Å². The predicted octanol–water partition coefficient (Wildman–Crippen LogP) is 2.57. The van der Waals surface area contributed by atoms with Crippen molar-refractivity contribution in [2.24, 2.45) is 11.7 Å². The third-order valence-electron chi connectivity index (χ3n) is 2.81. The number of rotatable bonds is 3. The largest absolute Gasteiger partial charge is 0.504 e. The Labute approximate surface area is 97.4 Å². The van der Waals surface area contributed by atoms with Gasteiger partial charge in [0.2, 0.25) is 0 Å². The van der Waals surface area contributed by atoms with Crippen molar-refractivity contribution in [1.82, 2.24) is 0 Å². The van der Waals surface area contributed by atoms with Gasteiger partial charge in [-0.15, -0.1) is 0 Å². The van der Waals surface area contributed by atoms with Gasteiger partial charge in [0.05, 0.1) is 7.11 Å². The zero-order valence-electron chi connectivity index (χ0n) is 8.53. The van der Waals surface area contributed by atoms with Crippen molar-refractivity contribution in [3.8, 4) is 11.5 Å². The van der Waals surface area contributed by atoms with Gasteiger partial charge < -0.3 is 15.6 Å². The Morgan fingerprint density at radius 3 is 2.73 bits per heavy atom. The number of phenolic OH excluding ortho intramolecular Hbond substituents is 1. The molecule has 1 atom stereocenters. The summed E-state index contributed by atoms with van der Waals surface area (Å²) in [4.78, 5) is 0. The van der Waals surface area contributed by atoms with Crippen LogP contribution < -0.4 is 10.5 Å². The van der Waals surface area contributed by atoms with Crippen molar-refractivity contribution >= 4 is 15.9 Å². The quantitative estimate of drug-likeness (QED) is 0.889. The average molecular weight is 272 g/mol. The van der Waals surface area contributed by atoms with Gasteiger partial charge in [0.25, 0.3) is 0 Å². The highest BCUT2D eigenvalue weighted by atomic mass is 79.9. The number of hydrogen-bond donors (Lipinski definition) is 2. The molecule has 1 aliphatic carbocycles. The van der Waals surface area contributed by atoms with Crippen molar-refractivity contribution in [3.63, 3.8) is 0 Å². The molecule has 0 radical (unpaired) electrons. The van der Waals surface area contributed by atoms with Gasteiger partial charge in [-0.1, -0.05) is 15.9 Å². The maximum atomic E-state index is 9.98. The summed E-state index contributed by atoms with van der Waals surface area (Å²) in [6, 6.07) is 3.48. The molecule has 1 aromatic carbocycles. The smallest absolute Gasteiger partial charge is 0.163 e. The summed E-state index contributed by atoms with van der Waals surface area (Å²) < 4.78 is 5.91. The van der Waals surface area contributed by atoms with Crippen LogP contribution in [0.15, 0.2) is 16.6 Å². The van der Waals surface area contributed by atoms with E-state index >= 15 is 0 Å². The molecular formula is C11H14BrNO2. The average Bonchev–Trinajstić information content (AvgIpc) is 3.01. The Balaban J connectivity index is 2.42. The predicted molar refractivity (Wildman–Crippen MR) is 62.0 cm³/mol. The third kappa shape index (κ3) is 1.96. The third-order valence-corrected chi connectivity index (χ3v) is 3.50. The van der Waals surface area contributed by atoms with Crippen LogP contribution in [-0.2, 0) is 0 Å². The first-order chi connectivity index (χ1) is 7.15. The van der Waals surface area contributed by atoms with Crippen molar-refractivity contribution in [3.05, 3.63) is 22.2 Å². The van der Waals surface area contributed by atoms with Crippen LogP contribution in [0.1, 0.15) is 24.4 Å². The summed E-state index contributed by atoms with van der Waals surface area (Å²) in [5, 5.41) is 9.98. The Morgan fingerprint density at radius 1 is 1.53 bits per heavy atom. The van der Waals surface area contributed by atoms with E-state index in [1.807, 2.05) is 6.07 Å². The van der Waals surface area contributed by atoms with Crippen LogP contribution >= 0.6 is 15.9 Å². The molecule has 0 bridgehead atoms. The summed E-state index contributed by atoms with van der Waals surface area (Å²) in [7, 11) is 1.54. The molecular weight excluding hydrogens is 258 g/mol. The van der Waals surface area contributed by atoms with Crippen molar-refractivity contribution in [2.45, 2.75) is 18.9 Å². The molecule has 1 aliphatic rings. The van der Waals surface area contributed by atoms with Gasteiger partial charge in [-0.2, -0.15) is 0 Å². The topological polar surface area (TPSA) is 55.5 Å². The standard InChI is InChI=1S/C11H14BrNO2/c1-15-8-5-4-7(12)9(11(8)14)10(13)6-2-3-6/h4-6,10,14H,2-3,13H2,1H3/t10-/m1/s1. The lowest BCUT2D eigenvalue weighted by Gasteiger charge is -2.16. The van der Waals surface area contributed by atoms with Crippen LogP contribution in [0.5, 0.6) is 11.5 Å². The maximum absolute atomic E-state index is 9.98. The molecule has 0 unspecified atom stereocenters. The zero-order chi connectivity index (χ0) is 11.0. The van der Waals surface area contributed by atoms with E-state index < -0.39 is 0 Å². The minimum absolute atomic E-state index is 0.102. The number of methoxy groups -OCH3 is 1. The molecule has 82 valence electrons. The Morgan fingerprint density at radius 2 is 2.20 bits per heavy atom. The maximum Gasteiger partial charge on any atom is 0.163 e. The van der Waals surface area contributed by atoms with E-state index in [0.29, 0.717) is 11.7 Å². The molecule has 0 aromatic heterocycles. The molecule has 2 rings (SSSR count). The van der Waals surface area contributed by atoms with Crippen molar-refractivity contribution in [1.29, 1.82) is 0 Å². The van der Waals surface area contributed by atoms with Crippen LogP contribution in [0.3, 0.4) is 0 Å². The molecule has 0 aliphatic heterocycles. The van der Waals surface area contributed by atoms with E-state index in [2.05, 4.69) is 15.9 Å². The Kier molecular flexibility index (Phi) is 2.89. The second kappa shape index (κ2) is 4.02. The first-order valence-corrected chi connectivity index (χ1v) is 5.75. The lowest BCUT2D eigenvalue weighted by atomic mass is 10.0. The molecule has 1 fully saturated rings. The van der Waals surface area contributed by atoms with Crippen LogP contribution in [0.2, 0.25) is 0 Å². The molecule has 0 spiro atoms. The first kappa shape index (κ1) is 10.8. The van der Waals surface area contributed by atoms with Gasteiger partial charge >= 0.3 is 0 Å². The fraction of sp³-hybridized carbons (Fsp3) is 0.455. The minimum Gasteiger partial charge on any atom is -0.504 e. The molecule has 1 aromatic rings. The lowest BCUT2D eigenvalue weighted by Crippen LogP contribution is -2.13. The molecule has 0 heterocycles. The van der Waals surface area contributed by atoms with Gasteiger partial charge in [-0.25, -0.2) is 0 Å². The van der Waals surface area contributed by atoms with E-state index in [-0.39, 0.29) is 11.8 Å². The van der Waals surface area contributed by atoms with Gasteiger partial charge in [-0.3, -0.25) is 0 Å². The number of benzene rings is 1. The number of nitrogens with two attached hydrogens (primary N) is 1. The van der Waals surface area contributed by atoms with Gasteiger partial charge in [0.1, 0.15) is 0 Å². The van der Waals surface area contributed by atoms with Gasteiger partial charge in [0.15, 0.2) is 11.5 Å². The second-order valence-electron chi connectivity index (χ2n) is 3.88. The zero-order valence-corrected chi connectivity index (χ0v) is 10.1. The highest BCUT2D eigenvalue weighted by molar-refractivity contribution is 9.10.